The lowest BCUT2D eigenvalue weighted by atomic mass is 9.98. The number of nitriles is 1. The molecule has 1 atom stereocenters. The normalized spacial score (nSPS) is 12.3. The summed E-state index contributed by atoms with van der Waals surface area (Å²) >= 11 is 1.32. The Labute approximate surface area is 269 Å². The number of thiophene rings is 1. The summed E-state index contributed by atoms with van der Waals surface area (Å²) in [5.41, 5.74) is 5.07. The molecule has 3 rings (SSSR count). The molecule has 0 amide bonds. The van der Waals surface area contributed by atoms with Crippen LogP contribution >= 0.6 is 11.3 Å². The van der Waals surface area contributed by atoms with Crippen LogP contribution in [0.15, 0.2) is 62.9 Å². The molecule has 0 aliphatic carbocycles. The van der Waals surface area contributed by atoms with Crippen LogP contribution in [0.5, 0.6) is 5.75 Å². The molecule has 2 aromatic carbocycles. The maximum absolute atomic E-state index is 9.88. The number of hydrogen-bond acceptors (Lipinski definition) is 8. The Kier molecular flexibility index (Phi) is 14.5. The molecule has 3 aromatic rings. The van der Waals surface area contributed by atoms with Gasteiger partial charge in [0.05, 0.1) is 18.4 Å². The maximum Gasteiger partial charge on any atom is 0.159 e. The van der Waals surface area contributed by atoms with Gasteiger partial charge in [0.15, 0.2) is 5.00 Å². The van der Waals surface area contributed by atoms with Gasteiger partial charge in [0.1, 0.15) is 22.5 Å². The first-order chi connectivity index (χ1) is 21.3. The number of benzene rings is 2. The van der Waals surface area contributed by atoms with Crippen LogP contribution in [0.25, 0.3) is 0 Å². The molecule has 0 spiro atoms. The molecule has 1 aromatic heterocycles. The Morgan fingerprint density at radius 3 is 2.25 bits per heavy atom. The molecule has 1 heterocycles. The summed E-state index contributed by atoms with van der Waals surface area (Å²) in [6.07, 6.45) is 9.65. The lowest BCUT2D eigenvalue weighted by Crippen LogP contribution is -2.32. The van der Waals surface area contributed by atoms with Crippen molar-refractivity contribution >= 4 is 38.4 Å². The monoisotopic (exact) mass is 614 g/mol. The van der Waals surface area contributed by atoms with Gasteiger partial charge in [0.25, 0.3) is 0 Å². The van der Waals surface area contributed by atoms with Crippen LogP contribution in [-0.4, -0.2) is 20.2 Å². The van der Waals surface area contributed by atoms with Crippen molar-refractivity contribution in [3.8, 4) is 11.8 Å². The highest BCUT2D eigenvalue weighted by atomic mass is 32.1. The zero-order chi connectivity index (χ0) is 31.9. The van der Waals surface area contributed by atoms with Gasteiger partial charge in [-0.2, -0.15) is 5.26 Å². The average Bonchev–Trinajstić information content (AvgIpc) is 3.34. The molecular weight excluding hydrogens is 565 g/mol. The van der Waals surface area contributed by atoms with Gasteiger partial charge in [-0.15, -0.1) is 20.5 Å². The predicted octanol–water partition coefficient (Wildman–Crippen LogP) is 12.2. The van der Waals surface area contributed by atoms with Crippen molar-refractivity contribution in [1.82, 2.24) is 0 Å². The second kappa shape index (κ2) is 18.3. The molecule has 0 fully saturated rings. The first-order valence-corrected chi connectivity index (χ1v) is 17.0. The minimum Gasteiger partial charge on any atom is -0.494 e. The van der Waals surface area contributed by atoms with E-state index in [0.717, 1.165) is 36.4 Å². The number of ether oxygens (including phenoxy) is 1. The molecule has 8 heteroatoms. The van der Waals surface area contributed by atoms with E-state index in [4.69, 9.17) is 4.74 Å². The minimum absolute atomic E-state index is 0.468. The Morgan fingerprint density at radius 2 is 1.61 bits per heavy atom. The molecule has 0 bridgehead atoms. The summed E-state index contributed by atoms with van der Waals surface area (Å²) < 4.78 is 5.76. The first-order valence-electron chi connectivity index (χ1n) is 16.2. The Hall–Kier alpha value is -3.57. The van der Waals surface area contributed by atoms with Gasteiger partial charge in [0.2, 0.25) is 0 Å². The van der Waals surface area contributed by atoms with Gasteiger partial charge in [-0.1, -0.05) is 90.2 Å². The molecule has 0 N–H and O–H groups in total. The number of azo groups is 2. The molecular formula is C36H50N6OS. The number of rotatable bonds is 18. The summed E-state index contributed by atoms with van der Waals surface area (Å²) in [5.74, 6) is 1.86. The third-order valence-electron chi connectivity index (χ3n) is 7.86. The number of hydrogen-bond donors (Lipinski definition) is 0. The molecule has 0 saturated heterocycles. The second-order valence-electron chi connectivity index (χ2n) is 11.9. The van der Waals surface area contributed by atoms with Crippen LogP contribution in [-0.2, 0) is 6.42 Å². The van der Waals surface area contributed by atoms with Gasteiger partial charge in [-0.25, -0.2) is 0 Å². The Bertz CT molecular complexity index is 1400. The maximum atomic E-state index is 9.88. The summed E-state index contributed by atoms with van der Waals surface area (Å²) in [6, 6.07) is 16.6. The third-order valence-corrected chi connectivity index (χ3v) is 8.92. The van der Waals surface area contributed by atoms with Crippen LogP contribution in [0.3, 0.4) is 0 Å². The highest BCUT2D eigenvalue weighted by Gasteiger charge is 2.18. The van der Waals surface area contributed by atoms with Crippen molar-refractivity contribution < 1.29 is 4.74 Å². The van der Waals surface area contributed by atoms with E-state index < -0.39 is 0 Å². The molecule has 0 aliphatic heterocycles. The van der Waals surface area contributed by atoms with E-state index >= 15 is 0 Å². The molecule has 1 unspecified atom stereocenters. The van der Waals surface area contributed by atoms with E-state index in [1.165, 1.54) is 61.8 Å². The zero-order valence-corrected chi connectivity index (χ0v) is 28.6. The summed E-state index contributed by atoms with van der Waals surface area (Å²) in [5, 5.41) is 28.9. The van der Waals surface area contributed by atoms with Crippen molar-refractivity contribution in [1.29, 1.82) is 5.26 Å². The lowest BCUT2D eigenvalue weighted by molar-refractivity contribution is 0.414. The van der Waals surface area contributed by atoms with Gasteiger partial charge >= 0.3 is 0 Å². The Morgan fingerprint density at radius 1 is 0.886 bits per heavy atom. The highest BCUT2D eigenvalue weighted by Crippen LogP contribution is 2.43. The predicted molar refractivity (Wildman–Crippen MR) is 185 cm³/mol. The van der Waals surface area contributed by atoms with Gasteiger partial charge in [-0.05, 0) is 67.9 Å². The van der Waals surface area contributed by atoms with Crippen LogP contribution in [0.4, 0.5) is 27.1 Å². The molecule has 236 valence electrons. The van der Waals surface area contributed by atoms with Crippen LogP contribution in [0, 0.1) is 30.1 Å². The number of aryl methyl sites for hydroxylation is 1. The number of methoxy groups -OCH3 is 1. The number of nitrogens with zero attached hydrogens (tertiary/aromatic N) is 6. The van der Waals surface area contributed by atoms with Gasteiger partial charge in [0, 0.05) is 30.4 Å². The lowest BCUT2D eigenvalue weighted by Gasteiger charge is -2.31. The smallest absolute Gasteiger partial charge is 0.159 e. The number of anilines is 1. The van der Waals surface area contributed by atoms with E-state index in [2.05, 4.69) is 90.3 Å². The van der Waals surface area contributed by atoms with E-state index in [1.807, 2.05) is 25.1 Å². The van der Waals surface area contributed by atoms with E-state index in [9.17, 15) is 5.26 Å². The quantitative estimate of drug-likeness (QED) is 0.105. The zero-order valence-electron chi connectivity index (χ0n) is 27.8. The van der Waals surface area contributed by atoms with Crippen LogP contribution in [0.1, 0.15) is 96.3 Å². The standard InChI is InChI=1S/C36H50N6OS/c1-8-11-13-15-29-16-18-30(19-17-29)38-40-35-27(6)32(23-37)36(44-35)41-39-33-21-20-31(22-34(33)43-7)42(24-26(4)5)25-28(10-3)14-12-9-2/h16-22,26,28H,8-15,24-25H2,1-7H3. The van der Waals surface area contributed by atoms with Crippen LogP contribution in [0.2, 0.25) is 0 Å². The fourth-order valence-corrected chi connectivity index (χ4v) is 6.10. The molecule has 0 radical (unpaired) electrons. The molecule has 0 aliphatic rings. The van der Waals surface area contributed by atoms with Gasteiger partial charge < -0.3 is 9.64 Å². The largest absolute Gasteiger partial charge is 0.494 e. The molecule has 0 saturated carbocycles. The summed E-state index contributed by atoms with van der Waals surface area (Å²) in [7, 11) is 1.66. The molecule has 44 heavy (non-hydrogen) atoms. The van der Waals surface area contributed by atoms with E-state index in [1.54, 1.807) is 7.11 Å². The average molecular weight is 615 g/mol. The van der Waals surface area contributed by atoms with Crippen molar-refractivity contribution in [3.05, 3.63) is 59.2 Å². The third kappa shape index (κ3) is 10.3. The molecule has 7 nitrogen and oxygen atoms in total. The van der Waals surface area contributed by atoms with Crippen molar-refractivity contribution in [2.24, 2.45) is 32.3 Å². The van der Waals surface area contributed by atoms with Crippen molar-refractivity contribution in [2.75, 3.05) is 25.1 Å². The topological polar surface area (TPSA) is 85.7 Å². The second-order valence-corrected chi connectivity index (χ2v) is 12.9. The number of unbranched alkanes of at least 4 members (excludes halogenated alkanes) is 3. The SMILES string of the molecule is CCCCCc1ccc(N=Nc2sc(N=Nc3ccc(N(CC(C)C)CC(CC)CCCC)cc3OC)c(C#N)c2C)cc1. The first kappa shape index (κ1) is 34.9. The summed E-state index contributed by atoms with van der Waals surface area (Å²) in [4.78, 5) is 2.48. The van der Waals surface area contributed by atoms with Crippen molar-refractivity contribution in [3.63, 3.8) is 0 Å². The van der Waals surface area contributed by atoms with E-state index in [0.29, 0.717) is 38.8 Å². The fraction of sp³-hybridized carbons (Fsp3) is 0.528. The Balaban J connectivity index is 1.80. The fourth-order valence-electron chi connectivity index (χ4n) is 5.20. The van der Waals surface area contributed by atoms with Crippen LogP contribution < -0.4 is 9.64 Å². The van der Waals surface area contributed by atoms with E-state index in [-0.39, 0.29) is 0 Å². The minimum atomic E-state index is 0.468. The van der Waals surface area contributed by atoms with Gasteiger partial charge in [-0.3, -0.25) is 0 Å². The summed E-state index contributed by atoms with van der Waals surface area (Å²) in [6.45, 7) is 15.2. The highest BCUT2D eigenvalue weighted by molar-refractivity contribution is 7.19. The van der Waals surface area contributed by atoms with Crippen molar-refractivity contribution in [2.45, 2.75) is 92.9 Å².